The minimum absolute atomic E-state index is 0.0164. The average Bonchev–Trinajstić information content (AvgIpc) is 2.70. The van der Waals surface area contributed by atoms with Gasteiger partial charge in [-0.1, -0.05) is 17.7 Å². The highest BCUT2D eigenvalue weighted by Gasteiger charge is 2.35. The molecule has 156 valence electrons. The first-order valence-electron chi connectivity index (χ1n) is 9.44. The molecular weight excluding hydrogens is 412 g/mol. The van der Waals surface area contributed by atoms with Crippen molar-refractivity contribution < 1.29 is 17.9 Å². The van der Waals surface area contributed by atoms with Gasteiger partial charge in [-0.25, -0.2) is 8.42 Å². The lowest BCUT2D eigenvalue weighted by molar-refractivity contribution is -0.120. The number of carbonyl (C=O) groups excluding carboxylic acids is 1. The van der Waals surface area contributed by atoms with E-state index >= 15 is 0 Å². The van der Waals surface area contributed by atoms with E-state index in [1.807, 2.05) is 32.0 Å². The Labute approximate surface area is 176 Å². The lowest BCUT2D eigenvalue weighted by atomic mass is 9.98. The normalized spacial score (nSPS) is 17.7. The Morgan fingerprint density at radius 1 is 1.17 bits per heavy atom. The largest absolute Gasteiger partial charge is 0.495 e. The number of ether oxygens (including phenoxy) is 1. The minimum Gasteiger partial charge on any atom is -0.495 e. The zero-order valence-electron chi connectivity index (χ0n) is 16.7. The van der Waals surface area contributed by atoms with E-state index in [0.29, 0.717) is 24.4 Å². The van der Waals surface area contributed by atoms with E-state index < -0.39 is 15.9 Å². The third kappa shape index (κ3) is 4.74. The number of methoxy groups -OCH3 is 1. The van der Waals surface area contributed by atoms with Crippen LogP contribution in [0.4, 0.5) is 5.69 Å². The number of anilines is 1. The van der Waals surface area contributed by atoms with Gasteiger partial charge in [0, 0.05) is 23.8 Å². The summed E-state index contributed by atoms with van der Waals surface area (Å²) in [6.07, 6.45) is 1.24. The molecule has 1 atom stereocenters. The maximum absolute atomic E-state index is 13.2. The topological polar surface area (TPSA) is 75.7 Å². The Hall–Kier alpha value is -2.09. The van der Waals surface area contributed by atoms with Gasteiger partial charge in [0.15, 0.2) is 0 Å². The molecule has 1 amide bonds. The number of aryl methyl sites for hydroxylation is 2. The molecular formula is C21H25ClN2O4S. The van der Waals surface area contributed by atoms with Crippen molar-refractivity contribution in [3.05, 3.63) is 52.5 Å². The van der Waals surface area contributed by atoms with Crippen molar-refractivity contribution in [2.45, 2.75) is 31.6 Å². The third-order valence-corrected chi connectivity index (χ3v) is 7.39. The molecule has 1 saturated heterocycles. The van der Waals surface area contributed by atoms with Crippen LogP contribution in [0.25, 0.3) is 0 Å². The smallest absolute Gasteiger partial charge is 0.246 e. The van der Waals surface area contributed by atoms with Crippen molar-refractivity contribution in [1.29, 1.82) is 0 Å². The summed E-state index contributed by atoms with van der Waals surface area (Å²) < 4.78 is 32.9. The number of nitrogens with one attached hydrogen (secondary N) is 1. The van der Waals surface area contributed by atoms with Crippen LogP contribution in [-0.4, -0.2) is 38.8 Å². The number of sulfonamides is 1. The van der Waals surface area contributed by atoms with E-state index in [1.54, 1.807) is 6.07 Å². The summed E-state index contributed by atoms with van der Waals surface area (Å²) in [7, 11) is -2.42. The van der Waals surface area contributed by atoms with Crippen molar-refractivity contribution >= 4 is 33.2 Å². The first kappa shape index (κ1) is 21.6. The molecule has 2 aromatic rings. The van der Waals surface area contributed by atoms with Crippen LogP contribution in [0.5, 0.6) is 5.75 Å². The SMILES string of the molecule is COc1ccc(Cl)cc1S(=O)(=O)N1CCC[C@@H](C(=O)Nc2ccc(C)c(C)c2)C1. The first-order valence-corrected chi connectivity index (χ1v) is 11.3. The summed E-state index contributed by atoms with van der Waals surface area (Å²) in [5, 5.41) is 3.23. The number of rotatable bonds is 5. The van der Waals surface area contributed by atoms with Crippen molar-refractivity contribution in [2.24, 2.45) is 5.92 Å². The fourth-order valence-electron chi connectivity index (χ4n) is 3.43. The van der Waals surface area contributed by atoms with Gasteiger partial charge in [0.1, 0.15) is 10.6 Å². The fourth-order valence-corrected chi connectivity index (χ4v) is 5.37. The van der Waals surface area contributed by atoms with Gasteiger partial charge in [0.25, 0.3) is 0 Å². The molecule has 1 aliphatic heterocycles. The van der Waals surface area contributed by atoms with Crippen molar-refractivity contribution in [2.75, 3.05) is 25.5 Å². The minimum atomic E-state index is -3.84. The Balaban J connectivity index is 1.78. The molecule has 1 fully saturated rings. The Morgan fingerprint density at radius 3 is 2.62 bits per heavy atom. The molecule has 1 heterocycles. The standard InChI is InChI=1S/C21H25ClN2O4S/c1-14-6-8-18(11-15(14)2)23-21(25)16-5-4-10-24(13-16)29(26,27)20-12-17(22)7-9-19(20)28-3/h6-9,11-12,16H,4-5,10,13H2,1-3H3,(H,23,25)/t16-/m1/s1. The van der Waals surface area contributed by atoms with Crippen LogP contribution in [-0.2, 0) is 14.8 Å². The second-order valence-electron chi connectivity index (χ2n) is 7.29. The van der Waals surface area contributed by atoms with Crippen molar-refractivity contribution in [1.82, 2.24) is 4.31 Å². The number of amides is 1. The molecule has 0 aliphatic carbocycles. The molecule has 0 spiro atoms. The predicted molar refractivity (Wildman–Crippen MR) is 114 cm³/mol. The molecule has 0 unspecified atom stereocenters. The van der Waals surface area contributed by atoms with Crippen molar-refractivity contribution in [3.63, 3.8) is 0 Å². The fraction of sp³-hybridized carbons (Fsp3) is 0.381. The summed E-state index contributed by atoms with van der Waals surface area (Å²) >= 11 is 6.01. The molecule has 0 saturated carbocycles. The number of piperidine rings is 1. The van der Waals surface area contributed by atoms with E-state index in [9.17, 15) is 13.2 Å². The second-order valence-corrected chi connectivity index (χ2v) is 9.63. The average molecular weight is 437 g/mol. The van der Waals surface area contributed by atoms with Gasteiger partial charge in [-0.3, -0.25) is 4.79 Å². The van der Waals surface area contributed by atoms with Crippen LogP contribution in [0.3, 0.4) is 0 Å². The zero-order chi connectivity index (χ0) is 21.2. The molecule has 0 radical (unpaired) electrons. The van der Waals surface area contributed by atoms with Gasteiger partial charge in [-0.05, 0) is 68.1 Å². The quantitative estimate of drug-likeness (QED) is 0.768. The summed E-state index contributed by atoms with van der Waals surface area (Å²) in [4.78, 5) is 12.8. The maximum atomic E-state index is 13.2. The summed E-state index contributed by atoms with van der Waals surface area (Å²) in [6, 6.07) is 10.2. The summed E-state index contributed by atoms with van der Waals surface area (Å²) in [5.74, 6) is -0.368. The highest BCUT2D eigenvalue weighted by Crippen LogP contribution is 2.32. The van der Waals surface area contributed by atoms with E-state index in [4.69, 9.17) is 16.3 Å². The number of halogens is 1. The van der Waals surface area contributed by atoms with E-state index in [1.165, 1.54) is 23.5 Å². The molecule has 1 N–H and O–H groups in total. The molecule has 0 bridgehead atoms. The number of hydrogen-bond donors (Lipinski definition) is 1. The number of benzene rings is 2. The Bertz CT molecular complexity index is 1020. The Kier molecular flexibility index (Phi) is 6.51. The van der Waals surface area contributed by atoms with Gasteiger partial charge in [0.2, 0.25) is 15.9 Å². The van der Waals surface area contributed by atoms with Crippen LogP contribution >= 0.6 is 11.6 Å². The lowest BCUT2D eigenvalue weighted by Crippen LogP contribution is -2.43. The van der Waals surface area contributed by atoms with E-state index in [0.717, 1.165) is 16.8 Å². The summed E-state index contributed by atoms with van der Waals surface area (Å²) in [5.41, 5.74) is 2.95. The number of hydrogen-bond acceptors (Lipinski definition) is 4. The van der Waals surface area contributed by atoms with Gasteiger partial charge < -0.3 is 10.1 Å². The molecule has 6 nitrogen and oxygen atoms in total. The van der Waals surface area contributed by atoms with Crippen LogP contribution in [0.1, 0.15) is 24.0 Å². The molecule has 1 aliphatic rings. The van der Waals surface area contributed by atoms with E-state index in [2.05, 4.69) is 5.32 Å². The van der Waals surface area contributed by atoms with Gasteiger partial charge in [-0.15, -0.1) is 0 Å². The van der Waals surface area contributed by atoms with E-state index in [-0.39, 0.29) is 23.1 Å². The zero-order valence-corrected chi connectivity index (χ0v) is 18.3. The molecule has 8 heteroatoms. The van der Waals surface area contributed by atoms with Gasteiger partial charge >= 0.3 is 0 Å². The third-order valence-electron chi connectivity index (χ3n) is 5.27. The Morgan fingerprint density at radius 2 is 1.93 bits per heavy atom. The molecule has 3 rings (SSSR count). The van der Waals surface area contributed by atoms with Gasteiger partial charge in [0.05, 0.1) is 13.0 Å². The predicted octanol–water partition coefficient (Wildman–Crippen LogP) is 4.00. The van der Waals surface area contributed by atoms with Crippen LogP contribution in [0.15, 0.2) is 41.3 Å². The molecule has 29 heavy (non-hydrogen) atoms. The molecule has 2 aromatic carbocycles. The molecule has 0 aromatic heterocycles. The highest BCUT2D eigenvalue weighted by molar-refractivity contribution is 7.89. The van der Waals surface area contributed by atoms with Crippen LogP contribution < -0.4 is 10.1 Å². The highest BCUT2D eigenvalue weighted by atomic mass is 35.5. The van der Waals surface area contributed by atoms with Crippen LogP contribution in [0, 0.1) is 19.8 Å². The second kappa shape index (κ2) is 8.73. The number of nitrogens with zero attached hydrogens (tertiary/aromatic N) is 1. The van der Waals surface area contributed by atoms with Crippen LogP contribution in [0.2, 0.25) is 5.02 Å². The maximum Gasteiger partial charge on any atom is 0.246 e. The monoisotopic (exact) mass is 436 g/mol. The van der Waals surface area contributed by atoms with Crippen molar-refractivity contribution in [3.8, 4) is 5.75 Å². The number of carbonyl (C=O) groups is 1. The summed E-state index contributed by atoms with van der Waals surface area (Å²) in [6.45, 7) is 4.47. The lowest BCUT2D eigenvalue weighted by Gasteiger charge is -2.31. The first-order chi connectivity index (χ1) is 13.7. The van der Waals surface area contributed by atoms with Gasteiger partial charge in [-0.2, -0.15) is 4.31 Å².